The Morgan fingerprint density at radius 1 is 0.482 bits per heavy atom. The summed E-state index contributed by atoms with van der Waals surface area (Å²) in [6.45, 7) is 8.44. The van der Waals surface area contributed by atoms with Crippen LogP contribution in [-0.2, 0) is 52.2 Å². The topological polar surface area (TPSA) is 105 Å². The van der Waals surface area contributed by atoms with Gasteiger partial charge in [0.15, 0.2) is 0 Å². The number of ether oxygens (including phenoxy) is 4. The van der Waals surface area contributed by atoms with Gasteiger partial charge in [0.2, 0.25) is 0 Å². The summed E-state index contributed by atoms with van der Waals surface area (Å²) in [6, 6.07) is 17.0. The molecule has 0 unspecified atom stereocenters. The normalized spacial score (nSPS) is 18.1. The van der Waals surface area contributed by atoms with Crippen LogP contribution >= 0.6 is 0 Å². The van der Waals surface area contributed by atoms with E-state index in [1.165, 1.54) is 28.4 Å². The summed E-state index contributed by atoms with van der Waals surface area (Å²) >= 11 is 0. The van der Waals surface area contributed by atoms with Crippen LogP contribution in [0.1, 0.15) is 146 Å². The number of carbonyl (C=O) groups is 4. The van der Waals surface area contributed by atoms with E-state index in [1.807, 2.05) is 12.1 Å². The van der Waals surface area contributed by atoms with Crippen LogP contribution < -0.4 is 0 Å². The highest BCUT2D eigenvalue weighted by atomic mass is 16.5. The number of rotatable bonds is 16. The molecule has 8 heteroatoms. The van der Waals surface area contributed by atoms with Crippen LogP contribution in [0.15, 0.2) is 59.7 Å². The van der Waals surface area contributed by atoms with Crippen molar-refractivity contribution in [3.05, 3.63) is 104 Å². The van der Waals surface area contributed by atoms with E-state index in [0.29, 0.717) is 36.8 Å². The summed E-state index contributed by atoms with van der Waals surface area (Å²) in [5.74, 6) is -2.29. The van der Waals surface area contributed by atoms with Gasteiger partial charge in [-0.05, 0) is 118 Å². The minimum Gasteiger partial charge on any atom is -0.466 e. The van der Waals surface area contributed by atoms with Crippen LogP contribution in [-0.4, -0.2) is 52.3 Å². The Morgan fingerprint density at radius 2 is 0.821 bits per heavy atom. The molecule has 4 aromatic rings. The molecule has 0 aliphatic heterocycles. The van der Waals surface area contributed by atoms with Crippen LogP contribution in [0.2, 0.25) is 0 Å². The summed E-state index contributed by atoms with van der Waals surface area (Å²) in [5.41, 5.74) is 4.20. The van der Waals surface area contributed by atoms with E-state index >= 15 is 0 Å². The number of esters is 4. The molecule has 0 saturated heterocycles. The van der Waals surface area contributed by atoms with Crippen LogP contribution in [0.25, 0.3) is 21.5 Å². The molecule has 0 spiro atoms. The molecule has 7 rings (SSSR count). The summed E-state index contributed by atoms with van der Waals surface area (Å²) in [4.78, 5) is 57.2. The predicted octanol–water partition coefficient (Wildman–Crippen LogP) is 10.2. The molecule has 0 fully saturated rings. The van der Waals surface area contributed by atoms with Crippen molar-refractivity contribution in [2.75, 3.05) is 28.4 Å². The highest BCUT2D eigenvalue weighted by Gasteiger charge is 2.63. The Morgan fingerprint density at radius 3 is 1.14 bits per heavy atom. The summed E-state index contributed by atoms with van der Waals surface area (Å²) < 4.78 is 22.2. The number of carbonyl (C=O) groups excluding carboxylic acids is 4. The Balaban J connectivity index is 1.96. The van der Waals surface area contributed by atoms with Gasteiger partial charge in [0.05, 0.1) is 61.5 Å². The average molecular weight is 761 g/mol. The predicted molar refractivity (Wildman–Crippen MR) is 219 cm³/mol. The molecule has 0 amide bonds. The van der Waals surface area contributed by atoms with Gasteiger partial charge in [0.25, 0.3) is 0 Å². The maximum Gasteiger partial charge on any atom is 0.339 e. The molecule has 0 heterocycles. The van der Waals surface area contributed by atoms with E-state index < -0.39 is 34.7 Å². The van der Waals surface area contributed by atoms with E-state index in [9.17, 15) is 19.2 Å². The first-order valence-electron chi connectivity index (χ1n) is 20.4. The number of hydrogen-bond acceptors (Lipinski definition) is 8. The number of methoxy groups -OCH3 is 4. The van der Waals surface area contributed by atoms with Crippen molar-refractivity contribution in [2.45, 2.75) is 116 Å². The van der Waals surface area contributed by atoms with E-state index in [1.54, 1.807) is 0 Å². The molecular formula is C48H56O8. The van der Waals surface area contributed by atoms with E-state index in [2.05, 4.69) is 64.1 Å². The number of aryl methyl sites for hydroxylation is 2. The maximum atomic E-state index is 14.6. The minimum atomic E-state index is -1.10. The third kappa shape index (κ3) is 6.11. The van der Waals surface area contributed by atoms with Crippen LogP contribution in [0, 0.1) is 0 Å². The van der Waals surface area contributed by atoms with Crippen molar-refractivity contribution in [1.82, 2.24) is 0 Å². The third-order valence-electron chi connectivity index (χ3n) is 12.4. The largest absolute Gasteiger partial charge is 0.466 e. The Bertz CT molecular complexity index is 2090. The Hall–Kier alpha value is -4.98. The van der Waals surface area contributed by atoms with Crippen molar-refractivity contribution in [2.24, 2.45) is 0 Å². The molecule has 296 valence electrons. The third-order valence-corrected chi connectivity index (χ3v) is 12.4. The standard InChI is InChI=1S/C48H56O8/c1-9-13-21-31-33-27-37-38(28-34(33)32(22-14-10-2)40(44(50)54-6)39(31)43(49)53-5)48(24-16-12-4)36-26-30-20-18-17-19-29(30)25-35(36)47(37,23-15-11-3)41(45(51)55-7)42(48)46(52)56-8/h17-20,25-28H,9-16,21-24H2,1-8H3/t47-,48-/m0/s1. The molecule has 0 aromatic heterocycles. The number of benzene rings is 4. The SMILES string of the molecule is CCCCc1c(C(=O)OC)c(C(=O)OC)c(CCCC)c2cc3c(cc12)[C@@]1(CCCC)C(C(=O)OC)=C(C(=O)OC)[C@@]3(CCCC)c2cc3ccccc3cc21. The van der Waals surface area contributed by atoms with Crippen molar-refractivity contribution in [3.63, 3.8) is 0 Å². The highest BCUT2D eigenvalue weighted by molar-refractivity contribution is 6.14. The fraction of sp³-hybridized carbons (Fsp3) is 0.458. The molecule has 0 N–H and O–H groups in total. The number of fused-ring (bicyclic) bond motifs is 2. The van der Waals surface area contributed by atoms with Crippen LogP contribution in [0.3, 0.4) is 0 Å². The number of hydrogen-bond donors (Lipinski definition) is 0. The summed E-state index contributed by atoms with van der Waals surface area (Å²) in [7, 11) is 5.44. The van der Waals surface area contributed by atoms with Gasteiger partial charge < -0.3 is 18.9 Å². The molecule has 4 aromatic carbocycles. The van der Waals surface area contributed by atoms with Gasteiger partial charge in [-0.3, -0.25) is 0 Å². The lowest BCUT2D eigenvalue weighted by molar-refractivity contribution is -0.140. The van der Waals surface area contributed by atoms with Crippen molar-refractivity contribution in [3.8, 4) is 0 Å². The van der Waals surface area contributed by atoms with Crippen LogP contribution in [0.5, 0.6) is 0 Å². The van der Waals surface area contributed by atoms with Gasteiger partial charge in [0.1, 0.15) is 0 Å². The molecule has 2 bridgehead atoms. The molecule has 3 aliphatic carbocycles. The lowest BCUT2D eigenvalue weighted by Gasteiger charge is -2.56. The smallest absolute Gasteiger partial charge is 0.339 e. The Kier molecular flexibility index (Phi) is 12.1. The average Bonchev–Trinajstić information content (AvgIpc) is 3.23. The van der Waals surface area contributed by atoms with Crippen molar-refractivity contribution in [1.29, 1.82) is 0 Å². The van der Waals surface area contributed by atoms with Crippen LogP contribution in [0.4, 0.5) is 0 Å². The minimum absolute atomic E-state index is 0.237. The second kappa shape index (κ2) is 16.6. The van der Waals surface area contributed by atoms with Gasteiger partial charge in [-0.15, -0.1) is 0 Å². The first-order chi connectivity index (χ1) is 27.1. The summed E-state index contributed by atoms with van der Waals surface area (Å²) in [6.07, 6.45) is 8.52. The second-order valence-corrected chi connectivity index (χ2v) is 15.3. The molecule has 3 aliphatic rings. The van der Waals surface area contributed by atoms with Crippen molar-refractivity contribution < 1.29 is 38.1 Å². The van der Waals surface area contributed by atoms with E-state index in [4.69, 9.17) is 18.9 Å². The zero-order chi connectivity index (χ0) is 40.4. The number of unbranched alkanes of at least 4 members (excludes halogenated alkanes) is 4. The van der Waals surface area contributed by atoms with Gasteiger partial charge in [-0.1, -0.05) is 90.5 Å². The van der Waals surface area contributed by atoms with Gasteiger partial charge in [-0.25, -0.2) is 19.2 Å². The monoisotopic (exact) mass is 760 g/mol. The molecule has 2 atom stereocenters. The maximum absolute atomic E-state index is 14.6. The summed E-state index contributed by atoms with van der Waals surface area (Å²) in [5, 5.41) is 3.76. The first kappa shape index (κ1) is 40.7. The second-order valence-electron chi connectivity index (χ2n) is 15.3. The van der Waals surface area contributed by atoms with Gasteiger partial charge in [0, 0.05) is 0 Å². The fourth-order valence-corrected chi connectivity index (χ4v) is 9.89. The molecule has 0 radical (unpaired) electrons. The highest BCUT2D eigenvalue weighted by Crippen LogP contribution is 2.66. The van der Waals surface area contributed by atoms with E-state index in [-0.39, 0.29) is 11.1 Å². The first-order valence-corrected chi connectivity index (χ1v) is 20.4. The quantitative estimate of drug-likeness (QED) is 0.0821. The van der Waals surface area contributed by atoms with Crippen molar-refractivity contribution >= 4 is 45.4 Å². The zero-order valence-corrected chi connectivity index (χ0v) is 34.4. The molecular weight excluding hydrogens is 705 g/mol. The fourth-order valence-electron chi connectivity index (χ4n) is 9.89. The van der Waals surface area contributed by atoms with Gasteiger partial charge >= 0.3 is 23.9 Å². The lowest BCUT2D eigenvalue weighted by atomic mass is 9.44. The van der Waals surface area contributed by atoms with Gasteiger partial charge in [-0.2, -0.15) is 0 Å². The van der Waals surface area contributed by atoms with E-state index in [0.717, 1.165) is 106 Å². The Labute approximate surface area is 330 Å². The lowest BCUT2D eigenvalue weighted by Crippen LogP contribution is -2.54. The molecule has 8 nitrogen and oxygen atoms in total. The zero-order valence-electron chi connectivity index (χ0n) is 34.4. The molecule has 56 heavy (non-hydrogen) atoms. The molecule has 0 saturated carbocycles.